The normalized spacial score (nSPS) is 14.0. The van der Waals surface area contributed by atoms with E-state index >= 15 is 0 Å². The summed E-state index contributed by atoms with van der Waals surface area (Å²) in [6, 6.07) is 22.9. The van der Waals surface area contributed by atoms with Crippen LogP contribution < -0.4 is 10.4 Å². The molecule has 0 radical (unpaired) electrons. The summed E-state index contributed by atoms with van der Waals surface area (Å²) in [5.41, 5.74) is -0.577. The van der Waals surface area contributed by atoms with Crippen molar-refractivity contribution >= 4 is 39.3 Å². The van der Waals surface area contributed by atoms with Gasteiger partial charge in [-0.1, -0.05) is 37.4 Å². The highest BCUT2D eigenvalue weighted by Gasteiger charge is 2.47. The van der Waals surface area contributed by atoms with Crippen molar-refractivity contribution in [3.8, 4) is 59.9 Å². The topological polar surface area (TPSA) is 275 Å². The van der Waals surface area contributed by atoms with Crippen molar-refractivity contribution in [3.63, 3.8) is 0 Å². The van der Waals surface area contributed by atoms with E-state index in [1.807, 2.05) is 24.3 Å². The van der Waals surface area contributed by atoms with E-state index in [4.69, 9.17) is 34.2 Å². The highest BCUT2D eigenvalue weighted by molar-refractivity contribution is 6.51. The first-order valence-corrected chi connectivity index (χ1v) is 13.6. The van der Waals surface area contributed by atoms with Crippen LogP contribution in [0.3, 0.4) is 0 Å². The number of nitrogens with zero attached hydrogens (tertiary/aromatic N) is 16. The van der Waals surface area contributed by atoms with E-state index in [1.54, 1.807) is 60.7 Å². The van der Waals surface area contributed by atoms with Gasteiger partial charge >= 0.3 is 11.7 Å². The molecule has 4 aromatic rings. The molecule has 16 nitrogen and oxygen atoms in total. The Morgan fingerprint density at radius 1 is 0.560 bits per heavy atom. The van der Waals surface area contributed by atoms with Gasteiger partial charge in [0.25, 0.3) is 0 Å². The van der Waals surface area contributed by atoms with Crippen molar-refractivity contribution in [2.45, 2.75) is 12.1 Å². The predicted octanol–water partition coefficient (Wildman–Crippen LogP) is 2.73. The lowest BCUT2D eigenvalue weighted by molar-refractivity contribution is 0.536. The number of aromatic nitrogens is 4. The molecular weight excluding hydrogens is 632 g/mol. The fourth-order valence-corrected chi connectivity index (χ4v) is 4.94. The smallest absolute Gasteiger partial charge is 0.306 e. The Bertz CT molecular complexity index is 2620. The van der Waals surface area contributed by atoms with Crippen LogP contribution in [-0.2, 0) is 0 Å². The molecule has 0 spiro atoms. The van der Waals surface area contributed by atoms with Crippen molar-refractivity contribution < 1.29 is 0 Å². The van der Waals surface area contributed by atoms with Crippen LogP contribution in [-0.4, -0.2) is 31.5 Å². The maximum Gasteiger partial charge on any atom is 0.306 e. The predicted molar refractivity (Wildman–Crippen MR) is 168 cm³/mol. The summed E-state index contributed by atoms with van der Waals surface area (Å²) >= 11 is 0. The first kappa shape index (κ1) is 32.2. The number of rotatable bonds is 0. The number of benzene rings is 2. The summed E-state index contributed by atoms with van der Waals surface area (Å²) < 4.78 is 0. The van der Waals surface area contributed by atoms with Crippen molar-refractivity contribution in [1.82, 2.24) is 19.9 Å². The van der Waals surface area contributed by atoms with E-state index < -0.39 is 12.1 Å². The molecule has 224 valence electrons. The number of aliphatic imine (C=N–C) groups is 2. The van der Waals surface area contributed by atoms with E-state index in [9.17, 15) is 21.0 Å². The van der Waals surface area contributed by atoms with Gasteiger partial charge in [-0.05, 0) is 22.9 Å². The minimum absolute atomic E-state index is 0.0461. The Morgan fingerprint density at radius 2 is 1.04 bits per heavy atom. The van der Waals surface area contributed by atoms with Crippen molar-refractivity contribution in [2.24, 2.45) is 9.98 Å². The second kappa shape index (κ2) is 13.5. The molecule has 2 aliphatic rings. The van der Waals surface area contributed by atoms with Crippen LogP contribution in [0.1, 0.15) is 40.6 Å². The first-order valence-electron chi connectivity index (χ1n) is 13.6. The largest absolute Gasteiger partial charge is 0.359 e. The van der Waals surface area contributed by atoms with Crippen molar-refractivity contribution in [2.75, 3.05) is 0 Å². The maximum atomic E-state index is 9.32. The third-order valence-corrected chi connectivity index (χ3v) is 7.15. The van der Waals surface area contributed by atoms with Crippen LogP contribution in [0.2, 0.25) is 0 Å². The maximum absolute atomic E-state index is 9.32. The number of hydrogen-bond donors (Lipinski definition) is 0. The van der Waals surface area contributed by atoms with Gasteiger partial charge in [-0.2, -0.15) is 42.1 Å². The van der Waals surface area contributed by atoms with Gasteiger partial charge in [0.15, 0.2) is 22.8 Å². The Morgan fingerprint density at radius 3 is 1.50 bits per heavy atom. The Kier molecular flexibility index (Phi) is 8.67. The standard InChI is InChI=1S/C18H2N12.C16H6N4/c1-23-17-9(5-21)27-13-11-12(26-8(4-20)7(3-19)25-11)14-16(15(13)29-17)30-18(24-2)10(6-22)28-14;17-7-15(8-18)13-3-1-11-5-14(16(9-19)10-20)4-2-12(11)6-13/h13,15H;1-6H. The van der Waals surface area contributed by atoms with Gasteiger partial charge in [-0.25, -0.2) is 15.0 Å². The van der Waals surface area contributed by atoms with Gasteiger partial charge < -0.3 is 9.69 Å². The molecule has 2 atom stereocenters. The average Bonchev–Trinajstić information content (AvgIpc) is 3.17. The summed E-state index contributed by atoms with van der Waals surface area (Å²) in [6.45, 7) is 14.5. The van der Waals surface area contributed by atoms with Crippen LogP contribution in [0.5, 0.6) is 0 Å². The van der Waals surface area contributed by atoms with Crippen LogP contribution in [0.4, 0.5) is 5.82 Å². The van der Waals surface area contributed by atoms with Crippen molar-refractivity contribution in [1.29, 1.82) is 42.1 Å². The zero-order chi connectivity index (χ0) is 35.9. The van der Waals surface area contributed by atoms with Crippen LogP contribution in [0, 0.1) is 104 Å². The Balaban J connectivity index is 0.000000211. The lowest BCUT2D eigenvalue weighted by Crippen LogP contribution is -2.28. The minimum Gasteiger partial charge on any atom is -0.359 e. The van der Waals surface area contributed by atoms with Crippen molar-refractivity contribution in [3.05, 3.63) is 98.1 Å². The van der Waals surface area contributed by atoms with E-state index in [0.717, 1.165) is 10.8 Å². The molecule has 0 bridgehead atoms. The van der Waals surface area contributed by atoms with Gasteiger partial charge in [0.05, 0.1) is 5.69 Å². The molecule has 1 aliphatic heterocycles. The average molecular weight is 641 g/mol. The third kappa shape index (κ3) is 5.47. The van der Waals surface area contributed by atoms with Crippen LogP contribution in [0.15, 0.2) is 46.4 Å². The van der Waals surface area contributed by atoms with E-state index in [-0.39, 0.29) is 68.4 Å². The summed E-state index contributed by atoms with van der Waals surface area (Å²) in [5.74, 6) is -0.513. The molecule has 2 aromatic carbocycles. The minimum atomic E-state index is -0.971. The monoisotopic (exact) mass is 640 g/mol. The molecule has 1 aliphatic carbocycles. The van der Waals surface area contributed by atoms with Gasteiger partial charge in [0.1, 0.15) is 77.1 Å². The van der Waals surface area contributed by atoms with E-state index in [1.165, 1.54) is 0 Å². The molecule has 0 fully saturated rings. The molecule has 0 N–H and O–H groups in total. The molecule has 6 rings (SSSR count). The summed E-state index contributed by atoms with van der Waals surface area (Å²) in [6.07, 6.45) is 0. The molecule has 2 unspecified atom stereocenters. The second-order valence-corrected chi connectivity index (χ2v) is 9.75. The highest BCUT2D eigenvalue weighted by atomic mass is 15.1. The van der Waals surface area contributed by atoms with Gasteiger partial charge in [0, 0.05) is 10.4 Å². The Labute approximate surface area is 281 Å². The number of amidine groups is 1. The SMILES string of the molecule is N#CC(C#N)=c1ccc2cc(=C(C#N)C#N)ccc2c1.[C-]#[N+]C1=NC2c3nc([N+]#[C-])c(C#N)nc3-c3nc(C#N)c(C#N)nc3C2N=C1C#N. The lowest BCUT2D eigenvalue weighted by Gasteiger charge is -2.26. The highest BCUT2D eigenvalue weighted by Crippen LogP contribution is 2.47. The molecule has 0 saturated heterocycles. The molecule has 16 heteroatoms. The molecule has 0 saturated carbocycles. The molecular formula is C34H8N16. The fourth-order valence-electron chi connectivity index (χ4n) is 4.94. The van der Waals surface area contributed by atoms with E-state index in [0.29, 0.717) is 10.4 Å². The van der Waals surface area contributed by atoms with Crippen LogP contribution >= 0.6 is 0 Å². The van der Waals surface area contributed by atoms with Gasteiger partial charge in [-0.15, -0.1) is 9.98 Å². The molecule has 2 aromatic heterocycles. The van der Waals surface area contributed by atoms with Gasteiger partial charge in [-0.3, -0.25) is 4.99 Å². The summed E-state index contributed by atoms with van der Waals surface area (Å²) in [4.78, 5) is 31.6. The Hall–Kier alpha value is -9.16. The van der Waals surface area contributed by atoms with Gasteiger partial charge in [0.2, 0.25) is 11.7 Å². The zero-order valence-corrected chi connectivity index (χ0v) is 24.8. The molecule has 3 heterocycles. The summed E-state index contributed by atoms with van der Waals surface area (Å²) in [7, 11) is 0. The fraction of sp³-hybridized carbons (Fsp3) is 0.0588. The molecule has 50 heavy (non-hydrogen) atoms. The number of nitriles is 8. The van der Waals surface area contributed by atoms with Crippen LogP contribution in [0.25, 0.3) is 43.0 Å². The second-order valence-electron chi connectivity index (χ2n) is 9.75. The third-order valence-electron chi connectivity index (χ3n) is 7.15. The zero-order valence-electron chi connectivity index (χ0n) is 24.8. The quantitative estimate of drug-likeness (QED) is 0.251. The lowest BCUT2D eigenvalue weighted by atomic mass is 9.89. The van der Waals surface area contributed by atoms with E-state index in [2.05, 4.69) is 39.6 Å². The number of hydrogen-bond acceptors (Lipinski definition) is 14. The molecule has 0 amide bonds. The summed E-state index contributed by atoms with van der Waals surface area (Å²) in [5, 5.41) is 75.4. The first-order chi connectivity index (χ1) is 24.3. The number of fused-ring (bicyclic) bond motifs is 7.